The van der Waals surface area contributed by atoms with Crippen molar-refractivity contribution in [3.8, 4) is 6.07 Å². The number of amides is 2. The first-order valence-corrected chi connectivity index (χ1v) is 6.02. The zero-order chi connectivity index (χ0) is 13.0. The number of nitrogens with two attached hydrogens (primary N) is 1. The lowest BCUT2D eigenvalue weighted by Gasteiger charge is -2.23. The minimum atomic E-state index is -0.141. The van der Waals surface area contributed by atoms with E-state index in [9.17, 15) is 4.79 Å². The lowest BCUT2D eigenvalue weighted by Crippen LogP contribution is -2.42. The Hall–Kier alpha value is -2.06. The SMILES string of the molecule is N#Cc1cccc(NC(=O)N2CCCC2CN)c1. The van der Waals surface area contributed by atoms with Crippen molar-refractivity contribution in [2.75, 3.05) is 18.4 Å². The van der Waals surface area contributed by atoms with Crippen LogP contribution in [0, 0.1) is 11.3 Å². The van der Waals surface area contributed by atoms with Crippen LogP contribution in [0.4, 0.5) is 10.5 Å². The van der Waals surface area contributed by atoms with Gasteiger partial charge >= 0.3 is 6.03 Å². The van der Waals surface area contributed by atoms with E-state index in [1.165, 1.54) is 0 Å². The average Bonchev–Trinajstić information content (AvgIpc) is 2.87. The van der Waals surface area contributed by atoms with E-state index in [4.69, 9.17) is 11.0 Å². The second kappa shape index (κ2) is 5.52. The van der Waals surface area contributed by atoms with Gasteiger partial charge in [-0.3, -0.25) is 0 Å². The zero-order valence-corrected chi connectivity index (χ0v) is 10.1. The van der Waals surface area contributed by atoms with E-state index in [0.717, 1.165) is 19.4 Å². The Kier molecular flexibility index (Phi) is 3.80. The van der Waals surface area contributed by atoms with Crippen LogP contribution in [0.2, 0.25) is 0 Å². The number of hydrogen-bond acceptors (Lipinski definition) is 3. The van der Waals surface area contributed by atoms with Gasteiger partial charge in [0.25, 0.3) is 0 Å². The fraction of sp³-hybridized carbons (Fsp3) is 0.385. The van der Waals surface area contributed by atoms with Crippen molar-refractivity contribution in [1.29, 1.82) is 5.26 Å². The molecule has 0 aromatic heterocycles. The van der Waals surface area contributed by atoms with E-state index in [1.54, 1.807) is 29.2 Å². The van der Waals surface area contributed by atoms with Crippen molar-refractivity contribution < 1.29 is 4.79 Å². The molecule has 1 heterocycles. The maximum Gasteiger partial charge on any atom is 0.322 e. The summed E-state index contributed by atoms with van der Waals surface area (Å²) in [5, 5.41) is 11.6. The van der Waals surface area contributed by atoms with E-state index < -0.39 is 0 Å². The highest BCUT2D eigenvalue weighted by atomic mass is 16.2. The molecule has 1 aliphatic heterocycles. The van der Waals surface area contributed by atoms with Gasteiger partial charge < -0.3 is 16.0 Å². The molecular formula is C13H16N4O. The summed E-state index contributed by atoms with van der Waals surface area (Å²) in [6.07, 6.45) is 1.95. The number of nitrogens with zero attached hydrogens (tertiary/aromatic N) is 2. The molecule has 3 N–H and O–H groups in total. The molecular weight excluding hydrogens is 228 g/mol. The number of nitrogens with one attached hydrogen (secondary N) is 1. The maximum atomic E-state index is 12.1. The molecule has 1 fully saturated rings. The summed E-state index contributed by atoms with van der Waals surface area (Å²) < 4.78 is 0. The minimum absolute atomic E-state index is 0.129. The Labute approximate surface area is 106 Å². The van der Waals surface area contributed by atoms with Crippen LogP contribution < -0.4 is 11.1 Å². The van der Waals surface area contributed by atoms with Gasteiger partial charge in [-0.1, -0.05) is 6.07 Å². The summed E-state index contributed by atoms with van der Waals surface area (Å²) in [4.78, 5) is 13.8. The summed E-state index contributed by atoms with van der Waals surface area (Å²) >= 11 is 0. The van der Waals surface area contributed by atoms with E-state index in [1.807, 2.05) is 6.07 Å². The monoisotopic (exact) mass is 244 g/mol. The van der Waals surface area contributed by atoms with Gasteiger partial charge in [-0.2, -0.15) is 5.26 Å². The molecule has 1 aromatic rings. The van der Waals surface area contributed by atoms with Gasteiger partial charge in [0.05, 0.1) is 11.6 Å². The first kappa shape index (κ1) is 12.4. The molecule has 1 saturated heterocycles. The molecule has 1 atom stereocenters. The van der Waals surface area contributed by atoms with Crippen molar-refractivity contribution in [1.82, 2.24) is 4.90 Å². The number of likely N-dealkylation sites (tertiary alicyclic amines) is 1. The summed E-state index contributed by atoms with van der Waals surface area (Å²) in [6, 6.07) is 8.91. The molecule has 0 saturated carbocycles. The van der Waals surface area contributed by atoms with Crippen LogP contribution >= 0.6 is 0 Å². The van der Waals surface area contributed by atoms with Crippen LogP contribution in [0.1, 0.15) is 18.4 Å². The highest BCUT2D eigenvalue weighted by Gasteiger charge is 2.27. The molecule has 0 aliphatic carbocycles. The maximum absolute atomic E-state index is 12.1. The van der Waals surface area contributed by atoms with Gasteiger partial charge in [0.15, 0.2) is 0 Å². The van der Waals surface area contributed by atoms with Crippen LogP contribution in [0.15, 0.2) is 24.3 Å². The number of anilines is 1. The number of benzene rings is 1. The molecule has 94 valence electrons. The van der Waals surface area contributed by atoms with Crippen molar-refractivity contribution >= 4 is 11.7 Å². The third kappa shape index (κ3) is 2.60. The van der Waals surface area contributed by atoms with Gasteiger partial charge in [0.1, 0.15) is 0 Å². The highest BCUT2D eigenvalue weighted by Crippen LogP contribution is 2.18. The number of urea groups is 1. The Morgan fingerprint density at radius 3 is 3.17 bits per heavy atom. The largest absolute Gasteiger partial charge is 0.328 e. The number of carbonyl (C=O) groups excluding carboxylic acids is 1. The van der Waals surface area contributed by atoms with Gasteiger partial charge in [0.2, 0.25) is 0 Å². The number of nitriles is 1. The number of rotatable bonds is 2. The van der Waals surface area contributed by atoms with Crippen LogP contribution in [-0.4, -0.2) is 30.1 Å². The summed E-state index contributed by atoms with van der Waals surface area (Å²) in [5.41, 5.74) is 6.81. The fourth-order valence-corrected chi connectivity index (χ4v) is 2.21. The van der Waals surface area contributed by atoms with Gasteiger partial charge in [0, 0.05) is 24.8 Å². The third-order valence-electron chi connectivity index (χ3n) is 3.15. The Morgan fingerprint density at radius 1 is 1.61 bits per heavy atom. The van der Waals surface area contributed by atoms with E-state index in [0.29, 0.717) is 17.8 Å². The highest BCUT2D eigenvalue weighted by molar-refractivity contribution is 5.89. The lowest BCUT2D eigenvalue weighted by atomic mass is 10.2. The second-order valence-corrected chi connectivity index (χ2v) is 4.35. The molecule has 2 amide bonds. The Balaban J connectivity index is 2.04. The Morgan fingerprint density at radius 2 is 2.44 bits per heavy atom. The molecule has 0 radical (unpaired) electrons. The van der Waals surface area contributed by atoms with Gasteiger partial charge in [-0.15, -0.1) is 0 Å². The smallest absolute Gasteiger partial charge is 0.322 e. The fourth-order valence-electron chi connectivity index (χ4n) is 2.21. The summed E-state index contributed by atoms with van der Waals surface area (Å²) in [6.45, 7) is 1.23. The van der Waals surface area contributed by atoms with Gasteiger partial charge in [-0.05, 0) is 31.0 Å². The normalized spacial score (nSPS) is 18.4. The quantitative estimate of drug-likeness (QED) is 0.827. The molecule has 18 heavy (non-hydrogen) atoms. The van der Waals surface area contributed by atoms with E-state index in [-0.39, 0.29) is 12.1 Å². The lowest BCUT2D eigenvalue weighted by molar-refractivity contribution is 0.208. The van der Waals surface area contributed by atoms with Crippen molar-refractivity contribution in [2.45, 2.75) is 18.9 Å². The van der Waals surface area contributed by atoms with Crippen molar-refractivity contribution in [2.24, 2.45) is 5.73 Å². The Bertz CT molecular complexity index is 480. The summed E-state index contributed by atoms with van der Waals surface area (Å²) in [5.74, 6) is 0. The first-order chi connectivity index (χ1) is 8.74. The van der Waals surface area contributed by atoms with E-state index in [2.05, 4.69) is 5.32 Å². The van der Waals surface area contributed by atoms with Crippen molar-refractivity contribution in [3.63, 3.8) is 0 Å². The molecule has 5 nitrogen and oxygen atoms in total. The third-order valence-corrected chi connectivity index (χ3v) is 3.15. The van der Waals surface area contributed by atoms with Crippen LogP contribution in [0.3, 0.4) is 0 Å². The molecule has 0 bridgehead atoms. The molecule has 5 heteroatoms. The second-order valence-electron chi connectivity index (χ2n) is 4.35. The molecule has 2 rings (SSSR count). The molecule has 1 aromatic carbocycles. The number of carbonyl (C=O) groups is 1. The zero-order valence-electron chi connectivity index (χ0n) is 10.1. The molecule has 0 spiro atoms. The standard InChI is InChI=1S/C13H16N4O/c14-8-10-3-1-4-11(7-10)16-13(18)17-6-2-5-12(17)9-15/h1,3-4,7,12H,2,5-6,9,15H2,(H,16,18). The average molecular weight is 244 g/mol. The molecule has 1 aliphatic rings. The van der Waals surface area contributed by atoms with Crippen LogP contribution in [0.5, 0.6) is 0 Å². The van der Waals surface area contributed by atoms with E-state index >= 15 is 0 Å². The van der Waals surface area contributed by atoms with Crippen LogP contribution in [0.25, 0.3) is 0 Å². The predicted octanol–water partition coefficient (Wildman–Crippen LogP) is 1.51. The molecule has 1 unspecified atom stereocenters. The topological polar surface area (TPSA) is 82.2 Å². The van der Waals surface area contributed by atoms with Crippen LogP contribution in [-0.2, 0) is 0 Å². The minimum Gasteiger partial charge on any atom is -0.328 e. The first-order valence-electron chi connectivity index (χ1n) is 6.02. The number of hydrogen-bond donors (Lipinski definition) is 2. The van der Waals surface area contributed by atoms with Crippen molar-refractivity contribution in [3.05, 3.63) is 29.8 Å². The summed E-state index contributed by atoms with van der Waals surface area (Å²) in [7, 11) is 0. The predicted molar refractivity (Wildman–Crippen MR) is 69.0 cm³/mol. The van der Waals surface area contributed by atoms with Gasteiger partial charge in [-0.25, -0.2) is 4.79 Å².